The zero-order valence-corrected chi connectivity index (χ0v) is 18.0. The zero-order chi connectivity index (χ0) is 22.4. The Morgan fingerprint density at radius 1 is 1.16 bits per heavy atom. The summed E-state index contributed by atoms with van der Waals surface area (Å²) in [5.41, 5.74) is 12.7. The number of methoxy groups -OCH3 is 2. The van der Waals surface area contributed by atoms with Gasteiger partial charge in [0.05, 0.1) is 19.1 Å². The topological polar surface area (TPSA) is 151 Å². The van der Waals surface area contributed by atoms with E-state index in [9.17, 15) is 10.1 Å². The Labute approximate surface area is 181 Å². The van der Waals surface area contributed by atoms with Crippen LogP contribution in [0.15, 0.2) is 18.2 Å². The van der Waals surface area contributed by atoms with Gasteiger partial charge in [-0.15, -0.1) is 0 Å². The van der Waals surface area contributed by atoms with Crippen molar-refractivity contribution in [1.29, 1.82) is 0 Å². The van der Waals surface area contributed by atoms with Crippen LogP contribution in [0, 0.1) is 22.0 Å². The number of rotatable bonds is 9. The van der Waals surface area contributed by atoms with Gasteiger partial charge in [-0.05, 0) is 68.7 Å². The molecule has 168 valence electrons. The van der Waals surface area contributed by atoms with E-state index in [0.29, 0.717) is 48.5 Å². The van der Waals surface area contributed by atoms with Crippen molar-refractivity contribution in [2.75, 3.05) is 31.8 Å². The predicted octanol–water partition coefficient (Wildman–Crippen LogP) is 2.90. The highest BCUT2D eigenvalue weighted by Gasteiger charge is 2.28. The van der Waals surface area contributed by atoms with E-state index >= 15 is 0 Å². The molecule has 1 aromatic carbocycles. The fourth-order valence-corrected chi connectivity index (χ4v) is 4.08. The first kappa shape index (κ1) is 22.5. The first-order valence-corrected chi connectivity index (χ1v) is 10.4. The van der Waals surface area contributed by atoms with Gasteiger partial charge in [0.15, 0.2) is 0 Å². The van der Waals surface area contributed by atoms with Crippen LogP contribution in [0.4, 0.5) is 17.5 Å². The van der Waals surface area contributed by atoms with Gasteiger partial charge in [-0.3, -0.25) is 10.1 Å². The molecule has 1 heterocycles. The Bertz CT molecular complexity index is 915. The van der Waals surface area contributed by atoms with Crippen LogP contribution in [-0.2, 0) is 13.0 Å². The molecule has 0 spiro atoms. The van der Waals surface area contributed by atoms with Gasteiger partial charge in [0.2, 0.25) is 11.8 Å². The van der Waals surface area contributed by atoms with Crippen molar-refractivity contribution < 1.29 is 14.4 Å². The third-order valence-corrected chi connectivity index (χ3v) is 5.87. The number of hydrogen-bond acceptors (Lipinski definition) is 9. The lowest BCUT2D eigenvalue weighted by molar-refractivity contribution is -0.385. The minimum atomic E-state index is -0.495. The molecule has 31 heavy (non-hydrogen) atoms. The number of nitro groups is 1. The molecule has 0 radical (unpaired) electrons. The van der Waals surface area contributed by atoms with E-state index in [2.05, 4.69) is 15.3 Å². The van der Waals surface area contributed by atoms with Gasteiger partial charge in [0.25, 0.3) is 0 Å². The number of nitrogen functional groups attached to an aromatic ring is 1. The molecule has 1 aromatic heterocycles. The highest BCUT2D eigenvalue weighted by molar-refractivity contribution is 5.58. The number of aromatic nitrogens is 2. The van der Waals surface area contributed by atoms with Crippen LogP contribution in [0.5, 0.6) is 11.5 Å². The third kappa shape index (κ3) is 5.52. The van der Waals surface area contributed by atoms with Crippen LogP contribution in [0.25, 0.3) is 0 Å². The lowest BCUT2D eigenvalue weighted by Gasteiger charge is -2.27. The molecule has 2 aromatic rings. The molecule has 1 aliphatic rings. The highest BCUT2D eigenvalue weighted by Crippen LogP contribution is 2.34. The molecule has 1 aliphatic carbocycles. The fraction of sp³-hybridized carbons (Fsp3) is 0.524. The van der Waals surface area contributed by atoms with Crippen molar-refractivity contribution >= 4 is 17.5 Å². The molecule has 1 fully saturated rings. The monoisotopic (exact) mass is 430 g/mol. The summed E-state index contributed by atoms with van der Waals surface area (Å²) >= 11 is 0. The maximum atomic E-state index is 11.6. The fourth-order valence-electron chi connectivity index (χ4n) is 4.08. The molecule has 0 atom stereocenters. The van der Waals surface area contributed by atoms with Crippen molar-refractivity contribution in [3.8, 4) is 11.5 Å². The summed E-state index contributed by atoms with van der Waals surface area (Å²) in [5.74, 6) is 2.35. The number of nitrogens with one attached hydrogen (secondary N) is 1. The standard InChI is InChI=1S/C21H30N6O4/c1-30-16-7-8-18(31-2)15(10-16)12-24-21-25-17(19(27(28)29)20(23)26-21)9-13-3-5-14(11-22)6-4-13/h7-8,10,13-14H,3-6,9,11-12,22H2,1-2H3,(H3,23,24,25,26). The summed E-state index contributed by atoms with van der Waals surface area (Å²) < 4.78 is 10.7. The molecule has 0 saturated heterocycles. The molecule has 0 amide bonds. The Balaban J connectivity index is 1.80. The quantitative estimate of drug-likeness (QED) is 0.403. The zero-order valence-electron chi connectivity index (χ0n) is 18.0. The summed E-state index contributed by atoms with van der Waals surface area (Å²) in [4.78, 5) is 19.7. The smallest absolute Gasteiger partial charge is 0.332 e. The molecule has 10 heteroatoms. The van der Waals surface area contributed by atoms with Crippen molar-refractivity contribution in [2.45, 2.75) is 38.6 Å². The van der Waals surface area contributed by atoms with Crippen molar-refractivity contribution in [3.05, 3.63) is 39.6 Å². The van der Waals surface area contributed by atoms with Crippen LogP contribution in [-0.4, -0.2) is 35.7 Å². The van der Waals surface area contributed by atoms with Gasteiger partial charge in [0.1, 0.15) is 17.2 Å². The second-order valence-corrected chi connectivity index (χ2v) is 7.84. The second-order valence-electron chi connectivity index (χ2n) is 7.84. The van der Waals surface area contributed by atoms with E-state index in [-0.39, 0.29) is 17.5 Å². The Morgan fingerprint density at radius 3 is 2.48 bits per heavy atom. The Morgan fingerprint density at radius 2 is 1.87 bits per heavy atom. The molecule has 0 aliphatic heterocycles. The molecule has 5 N–H and O–H groups in total. The third-order valence-electron chi connectivity index (χ3n) is 5.87. The molecule has 3 rings (SSSR count). The highest BCUT2D eigenvalue weighted by atomic mass is 16.6. The van der Waals surface area contributed by atoms with Crippen molar-refractivity contribution in [3.63, 3.8) is 0 Å². The maximum absolute atomic E-state index is 11.6. The Kier molecular flexibility index (Phi) is 7.45. The van der Waals surface area contributed by atoms with E-state index in [1.165, 1.54) is 0 Å². The van der Waals surface area contributed by atoms with E-state index in [4.69, 9.17) is 20.9 Å². The number of hydrogen-bond donors (Lipinski definition) is 3. The number of nitrogens with zero attached hydrogens (tertiary/aromatic N) is 3. The number of nitrogens with two attached hydrogens (primary N) is 2. The minimum Gasteiger partial charge on any atom is -0.497 e. The molecule has 0 bridgehead atoms. The molecule has 10 nitrogen and oxygen atoms in total. The van der Waals surface area contributed by atoms with Crippen LogP contribution < -0.4 is 26.3 Å². The van der Waals surface area contributed by atoms with Gasteiger partial charge in [-0.2, -0.15) is 4.98 Å². The predicted molar refractivity (Wildman–Crippen MR) is 118 cm³/mol. The second kappa shape index (κ2) is 10.3. The minimum absolute atomic E-state index is 0.134. The molecular weight excluding hydrogens is 400 g/mol. The number of ether oxygens (including phenoxy) is 2. The SMILES string of the molecule is COc1ccc(OC)c(CNc2nc(N)c([N+](=O)[O-])c(CC3CCC(CN)CC3)n2)c1. The van der Waals surface area contributed by atoms with E-state index in [1.54, 1.807) is 20.3 Å². The van der Waals surface area contributed by atoms with Crippen LogP contribution in [0.3, 0.4) is 0 Å². The van der Waals surface area contributed by atoms with Crippen LogP contribution in [0.2, 0.25) is 0 Å². The van der Waals surface area contributed by atoms with E-state index in [0.717, 1.165) is 31.2 Å². The Hall–Kier alpha value is -3.14. The van der Waals surface area contributed by atoms with E-state index < -0.39 is 4.92 Å². The van der Waals surface area contributed by atoms with Crippen molar-refractivity contribution in [1.82, 2.24) is 9.97 Å². The molecule has 0 unspecified atom stereocenters. The summed E-state index contributed by atoms with van der Waals surface area (Å²) in [5, 5.41) is 14.7. The van der Waals surface area contributed by atoms with Crippen molar-refractivity contribution in [2.24, 2.45) is 17.6 Å². The van der Waals surface area contributed by atoms with Crippen LogP contribution in [0.1, 0.15) is 36.9 Å². The van der Waals surface area contributed by atoms with Gasteiger partial charge in [-0.25, -0.2) is 4.98 Å². The summed E-state index contributed by atoms with van der Waals surface area (Å²) in [6, 6.07) is 5.46. The first-order valence-electron chi connectivity index (χ1n) is 10.4. The molecule has 1 saturated carbocycles. The number of anilines is 2. The first-order chi connectivity index (χ1) is 14.9. The van der Waals surface area contributed by atoms with Gasteiger partial charge in [-0.1, -0.05) is 0 Å². The summed E-state index contributed by atoms with van der Waals surface area (Å²) in [6.07, 6.45) is 4.53. The molecular formula is C21H30N6O4. The summed E-state index contributed by atoms with van der Waals surface area (Å²) in [6.45, 7) is 1.04. The largest absolute Gasteiger partial charge is 0.497 e. The normalized spacial score (nSPS) is 18.4. The van der Waals surface area contributed by atoms with Gasteiger partial charge >= 0.3 is 5.69 Å². The van der Waals surface area contributed by atoms with Crippen LogP contribution >= 0.6 is 0 Å². The lowest BCUT2D eigenvalue weighted by Crippen LogP contribution is -2.23. The lowest BCUT2D eigenvalue weighted by atomic mass is 9.80. The van der Waals surface area contributed by atoms with Gasteiger partial charge < -0.3 is 26.3 Å². The maximum Gasteiger partial charge on any atom is 0.332 e. The van der Waals surface area contributed by atoms with Gasteiger partial charge in [0, 0.05) is 12.1 Å². The van der Waals surface area contributed by atoms with E-state index in [1.807, 2.05) is 12.1 Å². The average molecular weight is 431 g/mol. The average Bonchev–Trinajstić information content (AvgIpc) is 2.77. The number of benzene rings is 1. The summed E-state index contributed by atoms with van der Waals surface area (Å²) in [7, 11) is 3.18.